The molecular formula is C31H35FN+. The van der Waals surface area contributed by atoms with Crippen molar-refractivity contribution < 1.29 is 8.96 Å². The zero-order chi connectivity index (χ0) is 23.3. The molecular weight excluding hydrogens is 405 g/mol. The Morgan fingerprint density at radius 2 is 1.76 bits per heavy atom. The third kappa shape index (κ3) is 2.21. The molecule has 0 N–H and O–H groups in total. The van der Waals surface area contributed by atoms with Crippen molar-refractivity contribution >= 4 is 10.8 Å². The van der Waals surface area contributed by atoms with Crippen molar-refractivity contribution in [3.05, 3.63) is 76.2 Å². The SMILES string of the molecule is CCCCc1cc2c3c4[n+](ccc3c1)C1(CC)C=CC1(CC)c1cc(C)c(F)c(c1-4)C2(C)C. The highest BCUT2D eigenvalue weighted by molar-refractivity contribution is 6.02. The van der Waals surface area contributed by atoms with Gasteiger partial charge < -0.3 is 0 Å². The van der Waals surface area contributed by atoms with Crippen molar-refractivity contribution in [3.63, 3.8) is 0 Å². The quantitative estimate of drug-likeness (QED) is 0.285. The van der Waals surface area contributed by atoms with E-state index in [1.54, 1.807) is 0 Å². The summed E-state index contributed by atoms with van der Waals surface area (Å²) in [6, 6.07) is 9.26. The molecule has 2 aromatic carbocycles. The fourth-order valence-electron chi connectivity index (χ4n) is 7.49. The third-order valence-corrected chi connectivity index (χ3v) is 9.33. The van der Waals surface area contributed by atoms with E-state index >= 15 is 4.39 Å². The Kier molecular flexibility index (Phi) is 4.19. The first-order valence-corrected chi connectivity index (χ1v) is 12.8. The van der Waals surface area contributed by atoms with Gasteiger partial charge in [-0.15, -0.1) is 0 Å². The molecule has 2 heteroatoms. The fourth-order valence-corrected chi connectivity index (χ4v) is 7.49. The number of aryl methyl sites for hydroxylation is 2. The first-order chi connectivity index (χ1) is 15.8. The van der Waals surface area contributed by atoms with E-state index < -0.39 is 0 Å². The van der Waals surface area contributed by atoms with Gasteiger partial charge >= 0.3 is 0 Å². The molecule has 0 saturated heterocycles. The summed E-state index contributed by atoms with van der Waals surface area (Å²) in [7, 11) is 0. The number of unbranched alkanes of at least 4 members (excludes halogenated alkanes) is 1. The second-order valence-electron chi connectivity index (χ2n) is 11.1. The number of rotatable bonds is 5. The number of nitrogens with zero attached hydrogens (tertiary/aromatic N) is 1. The lowest BCUT2D eigenvalue weighted by atomic mass is 9.50. The van der Waals surface area contributed by atoms with Crippen molar-refractivity contribution in [2.24, 2.45) is 0 Å². The van der Waals surface area contributed by atoms with E-state index in [2.05, 4.69) is 81.8 Å². The van der Waals surface area contributed by atoms with Gasteiger partial charge in [0.25, 0.3) is 0 Å². The van der Waals surface area contributed by atoms with Crippen molar-refractivity contribution in [3.8, 4) is 11.3 Å². The van der Waals surface area contributed by atoms with Gasteiger partial charge in [0.2, 0.25) is 5.69 Å². The molecule has 0 spiro atoms. The minimum atomic E-state index is -0.387. The van der Waals surface area contributed by atoms with Gasteiger partial charge in [-0.3, -0.25) is 0 Å². The number of hydrogen-bond donors (Lipinski definition) is 0. The Morgan fingerprint density at radius 1 is 0.970 bits per heavy atom. The predicted octanol–water partition coefficient (Wildman–Crippen LogP) is 7.56. The van der Waals surface area contributed by atoms with Gasteiger partial charge in [-0.1, -0.05) is 65.3 Å². The van der Waals surface area contributed by atoms with Crippen molar-refractivity contribution in [2.45, 2.75) is 90.0 Å². The molecule has 6 rings (SSSR count). The number of benzene rings is 2. The van der Waals surface area contributed by atoms with Crippen LogP contribution in [0.5, 0.6) is 0 Å². The van der Waals surface area contributed by atoms with E-state index in [0.717, 1.165) is 36.0 Å². The number of halogens is 1. The van der Waals surface area contributed by atoms with Crippen LogP contribution in [-0.2, 0) is 22.8 Å². The fraction of sp³-hybridized carbons (Fsp3) is 0.452. The van der Waals surface area contributed by atoms with Gasteiger partial charge in [-0.25, -0.2) is 4.39 Å². The Balaban J connectivity index is 1.84. The second-order valence-corrected chi connectivity index (χ2v) is 11.1. The summed E-state index contributed by atoms with van der Waals surface area (Å²) in [6.07, 6.45) is 12.6. The van der Waals surface area contributed by atoms with Gasteiger partial charge in [0.1, 0.15) is 5.82 Å². The molecule has 3 aromatic rings. The number of allylic oxidation sites excluding steroid dienone is 2. The summed E-state index contributed by atoms with van der Waals surface area (Å²) in [4.78, 5) is 0. The number of fused-ring (bicyclic) bond motifs is 3. The lowest BCUT2D eigenvalue weighted by Crippen LogP contribution is -2.72. The summed E-state index contributed by atoms with van der Waals surface area (Å²) in [6.45, 7) is 13.3. The number of hydrogen-bond acceptors (Lipinski definition) is 0. The average molecular weight is 441 g/mol. The summed E-state index contributed by atoms with van der Waals surface area (Å²) in [5, 5.41) is 2.63. The number of pyridine rings is 1. The summed E-state index contributed by atoms with van der Waals surface area (Å²) < 4.78 is 18.6. The molecule has 1 aliphatic heterocycles. The van der Waals surface area contributed by atoms with Crippen LogP contribution in [0.2, 0.25) is 0 Å². The van der Waals surface area contributed by atoms with Gasteiger partial charge in [-0.2, -0.15) is 4.57 Å². The zero-order valence-corrected chi connectivity index (χ0v) is 20.9. The molecule has 2 atom stereocenters. The van der Waals surface area contributed by atoms with E-state index in [-0.39, 0.29) is 22.2 Å². The molecule has 0 amide bonds. The molecule has 2 aliphatic carbocycles. The van der Waals surface area contributed by atoms with Crippen LogP contribution in [0.3, 0.4) is 0 Å². The maximum atomic E-state index is 16.1. The van der Waals surface area contributed by atoms with Crippen LogP contribution >= 0.6 is 0 Å². The van der Waals surface area contributed by atoms with Crippen LogP contribution in [0.15, 0.2) is 42.6 Å². The summed E-state index contributed by atoms with van der Waals surface area (Å²) in [5.74, 6) is -0.0227. The zero-order valence-electron chi connectivity index (χ0n) is 20.9. The van der Waals surface area contributed by atoms with Gasteiger partial charge in [0.05, 0.1) is 16.4 Å². The van der Waals surface area contributed by atoms with Crippen LogP contribution in [0.25, 0.3) is 22.0 Å². The lowest BCUT2D eigenvalue weighted by Gasteiger charge is -2.54. The highest BCUT2D eigenvalue weighted by Gasteiger charge is 2.66. The molecule has 0 bridgehead atoms. The molecule has 0 fully saturated rings. The van der Waals surface area contributed by atoms with E-state index in [4.69, 9.17) is 0 Å². The van der Waals surface area contributed by atoms with Crippen LogP contribution in [0, 0.1) is 12.7 Å². The molecule has 2 heterocycles. The number of aromatic nitrogens is 1. The Labute approximate surface area is 197 Å². The Hall–Kier alpha value is -2.48. The average Bonchev–Trinajstić information content (AvgIpc) is 2.78. The molecule has 3 aliphatic rings. The van der Waals surface area contributed by atoms with Gasteiger partial charge in [-0.05, 0) is 59.9 Å². The predicted molar refractivity (Wildman–Crippen MR) is 134 cm³/mol. The molecule has 1 nitrogen and oxygen atoms in total. The maximum Gasteiger partial charge on any atom is 0.222 e. The highest BCUT2D eigenvalue weighted by Crippen LogP contribution is 2.62. The normalized spacial score (nSPS) is 25.2. The monoisotopic (exact) mass is 440 g/mol. The van der Waals surface area contributed by atoms with Crippen LogP contribution in [0.4, 0.5) is 4.39 Å². The largest absolute Gasteiger partial charge is 0.222 e. The first kappa shape index (κ1) is 21.1. The lowest BCUT2D eigenvalue weighted by molar-refractivity contribution is -0.758. The Morgan fingerprint density at radius 3 is 2.39 bits per heavy atom. The standard InChI is InChI=1S/C31H35FN/c1-7-10-11-20-17-21-12-15-33-28-24(21)22(18-20)29(5,6)26-25(28)23(16-19(4)27(26)32)30(8-2)13-14-31(30,33)9-3/h12-18H,7-11H2,1-6H3/q+1. The van der Waals surface area contributed by atoms with Gasteiger partial charge in [0.15, 0.2) is 11.7 Å². The second kappa shape index (κ2) is 6.56. The topological polar surface area (TPSA) is 3.88 Å². The van der Waals surface area contributed by atoms with Crippen LogP contribution in [0.1, 0.15) is 88.1 Å². The van der Waals surface area contributed by atoms with Crippen molar-refractivity contribution in [1.29, 1.82) is 0 Å². The Bertz CT molecular complexity index is 1380. The van der Waals surface area contributed by atoms with Crippen LogP contribution in [-0.4, -0.2) is 0 Å². The van der Waals surface area contributed by atoms with E-state index in [1.165, 1.54) is 46.0 Å². The molecule has 1 aromatic heterocycles. The first-order valence-electron chi connectivity index (χ1n) is 12.8. The molecule has 2 unspecified atom stereocenters. The minimum absolute atomic E-state index is 0.0227. The third-order valence-electron chi connectivity index (χ3n) is 9.33. The highest BCUT2D eigenvalue weighted by atomic mass is 19.1. The van der Waals surface area contributed by atoms with Crippen LogP contribution < -0.4 is 4.57 Å². The maximum absolute atomic E-state index is 16.1. The van der Waals surface area contributed by atoms with Crippen molar-refractivity contribution in [1.82, 2.24) is 0 Å². The summed E-state index contributed by atoms with van der Waals surface area (Å²) >= 11 is 0. The van der Waals surface area contributed by atoms with E-state index in [1.807, 2.05) is 6.92 Å². The van der Waals surface area contributed by atoms with E-state index in [9.17, 15) is 0 Å². The van der Waals surface area contributed by atoms with Gasteiger partial charge in [0, 0.05) is 23.5 Å². The summed E-state index contributed by atoms with van der Waals surface area (Å²) in [5.41, 5.74) is 7.53. The molecule has 170 valence electrons. The molecule has 0 radical (unpaired) electrons. The molecule has 0 saturated carbocycles. The van der Waals surface area contributed by atoms with Crippen molar-refractivity contribution in [2.75, 3.05) is 0 Å². The van der Waals surface area contributed by atoms with E-state index in [0.29, 0.717) is 0 Å². The molecule has 33 heavy (non-hydrogen) atoms. The smallest absolute Gasteiger partial charge is 0.206 e. The minimum Gasteiger partial charge on any atom is -0.206 e.